The first-order valence-corrected chi connectivity index (χ1v) is 5.76. The standard InChI is InChI=1S/C12H24O2/c1-9(2)7-10(3)5-6-11-12(4,8-13)14-11/h9-11,13H,5-8H2,1-4H3/t10-,11-,12-/m0/s1. The lowest BCUT2D eigenvalue weighted by molar-refractivity contribution is 0.184. The summed E-state index contributed by atoms with van der Waals surface area (Å²) in [5, 5.41) is 9.02. The van der Waals surface area contributed by atoms with Gasteiger partial charge in [0.05, 0.1) is 12.7 Å². The molecule has 0 bridgehead atoms. The molecule has 1 aliphatic heterocycles. The molecule has 2 heteroatoms. The van der Waals surface area contributed by atoms with Crippen LogP contribution in [0.2, 0.25) is 0 Å². The van der Waals surface area contributed by atoms with Crippen LogP contribution in [0, 0.1) is 11.8 Å². The van der Waals surface area contributed by atoms with Gasteiger partial charge >= 0.3 is 0 Å². The number of aliphatic hydroxyl groups is 1. The SMILES string of the molecule is CC(C)C[C@@H](C)CC[C@@H]1O[C@@]1(C)CO. The molecule has 0 aliphatic carbocycles. The molecule has 1 N–H and O–H groups in total. The van der Waals surface area contributed by atoms with Crippen LogP contribution >= 0.6 is 0 Å². The summed E-state index contributed by atoms with van der Waals surface area (Å²) < 4.78 is 5.46. The zero-order valence-corrected chi connectivity index (χ0v) is 9.92. The lowest BCUT2D eigenvalue weighted by Crippen LogP contribution is -2.15. The summed E-state index contributed by atoms with van der Waals surface area (Å²) in [6, 6.07) is 0. The molecule has 0 aromatic rings. The van der Waals surface area contributed by atoms with Gasteiger partial charge in [-0.1, -0.05) is 20.8 Å². The number of epoxide rings is 1. The first-order valence-electron chi connectivity index (χ1n) is 5.76. The summed E-state index contributed by atoms with van der Waals surface area (Å²) in [4.78, 5) is 0. The second kappa shape index (κ2) is 4.63. The molecule has 0 aromatic carbocycles. The number of rotatable bonds is 6. The molecule has 0 radical (unpaired) electrons. The molecule has 1 fully saturated rings. The van der Waals surface area contributed by atoms with Gasteiger partial charge in [-0.05, 0) is 38.0 Å². The monoisotopic (exact) mass is 200 g/mol. The van der Waals surface area contributed by atoms with Crippen LogP contribution in [0.1, 0.15) is 47.0 Å². The fraction of sp³-hybridized carbons (Fsp3) is 1.00. The van der Waals surface area contributed by atoms with Crippen molar-refractivity contribution in [2.45, 2.75) is 58.7 Å². The van der Waals surface area contributed by atoms with Crippen LogP contribution in [0.4, 0.5) is 0 Å². The molecule has 3 atom stereocenters. The van der Waals surface area contributed by atoms with Gasteiger partial charge in [0.15, 0.2) is 0 Å². The summed E-state index contributed by atoms with van der Waals surface area (Å²) in [6.45, 7) is 8.99. The molecule has 14 heavy (non-hydrogen) atoms. The van der Waals surface area contributed by atoms with E-state index in [4.69, 9.17) is 9.84 Å². The Morgan fingerprint density at radius 1 is 1.36 bits per heavy atom. The van der Waals surface area contributed by atoms with Gasteiger partial charge in [0.1, 0.15) is 5.60 Å². The van der Waals surface area contributed by atoms with Gasteiger partial charge in [0, 0.05) is 0 Å². The van der Waals surface area contributed by atoms with Gasteiger partial charge in [0.2, 0.25) is 0 Å². The van der Waals surface area contributed by atoms with Crippen LogP contribution in [-0.4, -0.2) is 23.4 Å². The maximum Gasteiger partial charge on any atom is 0.115 e. The molecule has 0 spiro atoms. The molecule has 0 unspecified atom stereocenters. The zero-order valence-electron chi connectivity index (χ0n) is 9.92. The molecule has 1 heterocycles. The summed E-state index contributed by atoms with van der Waals surface area (Å²) in [5.74, 6) is 1.57. The molecule has 2 nitrogen and oxygen atoms in total. The lowest BCUT2D eigenvalue weighted by Gasteiger charge is -2.13. The van der Waals surface area contributed by atoms with Crippen molar-refractivity contribution in [1.29, 1.82) is 0 Å². The van der Waals surface area contributed by atoms with E-state index in [9.17, 15) is 0 Å². The van der Waals surface area contributed by atoms with Crippen molar-refractivity contribution in [1.82, 2.24) is 0 Å². The van der Waals surface area contributed by atoms with Crippen molar-refractivity contribution in [3.63, 3.8) is 0 Å². The van der Waals surface area contributed by atoms with E-state index in [0.29, 0.717) is 6.10 Å². The quantitative estimate of drug-likeness (QED) is 0.668. The third kappa shape index (κ3) is 3.25. The van der Waals surface area contributed by atoms with E-state index in [2.05, 4.69) is 20.8 Å². The van der Waals surface area contributed by atoms with Crippen molar-refractivity contribution in [2.75, 3.05) is 6.61 Å². The second-order valence-corrected chi connectivity index (χ2v) is 5.39. The van der Waals surface area contributed by atoms with E-state index < -0.39 is 0 Å². The highest BCUT2D eigenvalue weighted by molar-refractivity contribution is 4.98. The Morgan fingerprint density at radius 2 is 2.00 bits per heavy atom. The van der Waals surface area contributed by atoms with Gasteiger partial charge in [-0.25, -0.2) is 0 Å². The smallest absolute Gasteiger partial charge is 0.115 e. The predicted molar refractivity (Wildman–Crippen MR) is 58.2 cm³/mol. The third-order valence-corrected chi connectivity index (χ3v) is 3.14. The average Bonchev–Trinajstić information content (AvgIpc) is 2.74. The Bertz CT molecular complexity index is 179. The van der Waals surface area contributed by atoms with Crippen molar-refractivity contribution < 1.29 is 9.84 Å². The first kappa shape index (κ1) is 12.0. The van der Waals surface area contributed by atoms with E-state index in [0.717, 1.165) is 18.3 Å². The lowest BCUT2D eigenvalue weighted by atomic mass is 9.92. The van der Waals surface area contributed by atoms with E-state index in [-0.39, 0.29) is 12.2 Å². The number of ether oxygens (including phenoxy) is 1. The second-order valence-electron chi connectivity index (χ2n) is 5.39. The molecule has 0 saturated carbocycles. The van der Waals surface area contributed by atoms with E-state index in [1.165, 1.54) is 12.8 Å². The summed E-state index contributed by atoms with van der Waals surface area (Å²) >= 11 is 0. The molecule has 0 amide bonds. The molecule has 0 aromatic heterocycles. The van der Waals surface area contributed by atoms with E-state index in [1.807, 2.05) is 6.92 Å². The topological polar surface area (TPSA) is 32.8 Å². The van der Waals surface area contributed by atoms with Gasteiger partial charge in [-0.2, -0.15) is 0 Å². The number of hydrogen-bond acceptors (Lipinski definition) is 2. The Hall–Kier alpha value is -0.0800. The van der Waals surface area contributed by atoms with Gasteiger partial charge in [-0.3, -0.25) is 0 Å². The molecular formula is C12H24O2. The maximum atomic E-state index is 9.02. The van der Waals surface area contributed by atoms with Crippen molar-refractivity contribution in [2.24, 2.45) is 11.8 Å². The molecular weight excluding hydrogens is 176 g/mol. The van der Waals surface area contributed by atoms with Crippen molar-refractivity contribution >= 4 is 0 Å². The number of hydrogen-bond donors (Lipinski definition) is 1. The van der Waals surface area contributed by atoms with Crippen LogP contribution in [0.5, 0.6) is 0 Å². The van der Waals surface area contributed by atoms with Crippen LogP contribution in [0.15, 0.2) is 0 Å². The summed E-state index contributed by atoms with van der Waals surface area (Å²) in [6.07, 6.45) is 3.92. The molecule has 1 saturated heterocycles. The van der Waals surface area contributed by atoms with Crippen LogP contribution < -0.4 is 0 Å². The van der Waals surface area contributed by atoms with Crippen LogP contribution in [0.3, 0.4) is 0 Å². The maximum absolute atomic E-state index is 9.02. The molecule has 1 aliphatic rings. The highest BCUT2D eigenvalue weighted by atomic mass is 16.6. The minimum atomic E-state index is -0.211. The van der Waals surface area contributed by atoms with Gasteiger partial charge in [-0.15, -0.1) is 0 Å². The largest absolute Gasteiger partial charge is 0.393 e. The minimum Gasteiger partial charge on any atom is -0.393 e. The normalized spacial score (nSPS) is 33.4. The van der Waals surface area contributed by atoms with Crippen LogP contribution in [0.25, 0.3) is 0 Å². The Labute approximate surface area is 87.7 Å². The predicted octanol–water partition coefficient (Wildman–Crippen LogP) is 2.60. The zero-order chi connectivity index (χ0) is 10.8. The summed E-state index contributed by atoms with van der Waals surface area (Å²) in [5.41, 5.74) is -0.211. The fourth-order valence-corrected chi connectivity index (χ4v) is 2.15. The Morgan fingerprint density at radius 3 is 2.43 bits per heavy atom. The van der Waals surface area contributed by atoms with Gasteiger partial charge < -0.3 is 9.84 Å². The fourth-order valence-electron chi connectivity index (χ4n) is 2.15. The molecule has 84 valence electrons. The number of aliphatic hydroxyl groups excluding tert-OH is 1. The Balaban J connectivity index is 2.10. The van der Waals surface area contributed by atoms with E-state index in [1.54, 1.807) is 0 Å². The first-order chi connectivity index (χ1) is 6.48. The van der Waals surface area contributed by atoms with Crippen LogP contribution in [-0.2, 0) is 4.74 Å². The highest BCUT2D eigenvalue weighted by Crippen LogP contribution is 2.39. The molecule has 1 rings (SSSR count). The van der Waals surface area contributed by atoms with E-state index >= 15 is 0 Å². The average molecular weight is 200 g/mol. The minimum absolute atomic E-state index is 0.163. The third-order valence-electron chi connectivity index (χ3n) is 3.14. The van der Waals surface area contributed by atoms with Crippen molar-refractivity contribution in [3.8, 4) is 0 Å². The highest BCUT2D eigenvalue weighted by Gasteiger charge is 2.51. The van der Waals surface area contributed by atoms with Crippen molar-refractivity contribution in [3.05, 3.63) is 0 Å². The van der Waals surface area contributed by atoms with Gasteiger partial charge in [0.25, 0.3) is 0 Å². The Kier molecular flexibility index (Phi) is 3.96. The summed E-state index contributed by atoms with van der Waals surface area (Å²) in [7, 11) is 0.